The zero-order valence-corrected chi connectivity index (χ0v) is 14.3. The zero-order valence-electron chi connectivity index (χ0n) is 14.3. The number of hydrogen-bond donors (Lipinski definition) is 2. The molecule has 3 rings (SSSR count). The summed E-state index contributed by atoms with van der Waals surface area (Å²) in [5.74, 6) is 0.411. The highest BCUT2D eigenvalue weighted by atomic mass is 16.1. The van der Waals surface area contributed by atoms with E-state index in [1.807, 2.05) is 12.1 Å². The molecule has 0 radical (unpaired) electrons. The smallest absolute Gasteiger partial charge is 0.254 e. The van der Waals surface area contributed by atoms with E-state index < -0.39 is 0 Å². The first kappa shape index (κ1) is 16.4. The fraction of sp³-hybridized carbons (Fsp3) is 0.421. The van der Waals surface area contributed by atoms with E-state index in [-0.39, 0.29) is 5.91 Å². The van der Waals surface area contributed by atoms with Crippen molar-refractivity contribution in [1.82, 2.24) is 15.3 Å². The minimum atomic E-state index is -0.0835. The van der Waals surface area contributed by atoms with Crippen LogP contribution < -0.4 is 10.6 Å². The normalized spacial score (nSPS) is 15.1. The quantitative estimate of drug-likeness (QED) is 0.895. The van der Waals surface area contributed by atoms with Crippen molar-refractivity contribution >= 4 is 17.5 Å². The van der Waals surface area contributed by atoms with Crippen molar-refractivity contribution in [3.05, 3.63) is 47.3 Å². The van der Waals surface area contributed by atoms with E-state index in [0.29, 0.717) is 17.6 Å². The molecule has 1 aromatic carbocycles. The average molecular weight is 324 g/mol. The molecular weight excluding hydrogens is 300 g/mol. The van der Waals surface area contributed by atoms with Crippen LogP contribution in [0.1, 0.15) is 53.6 Å². The van der Waals surface area contributed by atoms with Gasteiger partial charge in [-0.05, 0) is 49.9 Å². The lowest BCUT2D eigenvalue weighted by Crippen LogP contribution is -2.36. The second-order valence-corrected chi connectivity index (χ2v) is 6.61. The van der Waals surface area contributed by atoms with Gasteiger partial charge in [0, 0.05) is 24.1 Å². The molecule has 1 saturated carbocycles. The summed E-state index contributed by atoms with van der Waals surface area (Å²) < 4.78 is 0. The summed E-state index contributed by atoms with van der Waals surface area (Å²) in [7, 11) is 0. The van der Waals surface area contributed by atoms with Gasteiger partial charge < -0.3 is 10.6 Å². The van der Waals surface area contributed by atoms with Crippen molar-refractivity contribution < 1.29 is 4.79 Å². The minimum Gasteiger partial charge on any atom is -0.349 e. The number of hydrogen-bond acceptors (Lipinski definition) is 4. The fourth-order valence-electron chi connectivity index (χ4n) is 3.20. The number of aromatic nitrogens is 2. The van der Waals surface area contributed by atoms with E-state index in [4.69, 9.17) is 0 Å². The SMILES string of the molecule is Cc1cc(C)cc(Nc2ncc(C(=O)NC3CCCCC3)cn2)c1. The number of carbonyl (C=O) groups is 1. The van der Waals surface area contributed by atoms with Crippen LogP contribution in [0.15, 0.2) is 30.6 Å². The molecule has 0 spiro atoms. The Labute approximate surface area is 142 Å². The Bertz CT molecular complexity index is 686. The number of aryl methyl sites for hydroxylation is 2. The highest BCUT2D eigenvalue weighted by Crippen LogP contribution is 2.19. The van der Waals surface area contributed by atoms with Gasteiger partial charge in [-0.1, -0.05) is 25.3 Å². The Morgan fingerprint density at radius 2 is 1.62 bits per heavy atom. The average Bonchev–Trinajstić information content (AvgIpc) is 2.55. The predicted molar refractivity (Wildman–Crippen MR) is 95.6 cm³/mol. The van der Waals surface area contributed by atoms with Gasteiger partial charge in [0.2, 0.25) is 5.95 Å². The second kappa shape index (κ2) is 7.43. The summed E-state index contributed by atoms with van der Waals surface area (Å²) in [5.41, 5.74) is 3.82. The predicted octanol–water partition coefficient (Wildman–Crippen LogP) is 3.90. The first-order chi connectivity index (χ1) is 11.6. The molecule has 0 aliphatic heterocycles. The summed E-state index contributed by atoms with van der Waals surface area (Å²) >= 11 is 0. The van der Waals surface area contributed by atoms with E-state index in [9.17, 15) is 4.79 Å². The van der Waals surface area contributed by atoms with Crippen LogP contribution in [-0.2, 0) is 0 Å². The number of nitrogens with zero attached hydrogens (tertiary/aromatic N) is 2. The van der Waals surface area contributed by atoms with Crippen LogP contribution in [0.5, 0.6) is 0 Å². The summed E-state index contributed by atoms with van der Waals surface area (Å²) in [4.78, 5) is 20.8. The summed E-state index contributed by atoms with van der Waals surface area (Å²) in [6, 6.07) is 6.49. The summed E-state index contributed by atoms with van der Waals surface area (Å²) in [6.45, 7) is 4.11. The molecule has 5 heteroatoms. The largest absolute Gasteiger partial charge is 0.349 e. The van der Waals surface area contributed by atoms with Crippen LogP contribution in [0.2, 0.25) is 0 Å². The van der Waals surface area contributed by atoms with Gasteiger partial charge in [0.1, 0.15) is 0 Å². The zero-order chi connectivity index (χ0) is 16.9. The van der Waals surface area contributed by atoms with Crippen molar-refractivity contribution in [1.29, 1.82) is 0 Å². The van der Waals surface area contributed by atoms with Gasteiger partial charge in [-0.3, -0.25) is 4.79 Å². The van der Waals surface area contributed by atoms with Gasteiger partial charge in [0.05, 0.1) is 5.56 Å². The van der Waals surface area contributed by atoms with E-state index >= 15 is 0 Å². The van der Waals surface area contributed by atoms with Gasteiger partial charge in [-0.15, -0.1) is 0 Å². The molecule has 1 aromatic heterocycles. The Morgan fingerprint density at radius 1 is 1.00 bits per heavy atom. The second-order valence-electron chi connectivity index (χ2n) is 6.61. The monoisotopic (exact) mass is 324 g/mol. The van der Waals surface area contributed by atoms with E-state index in [1.165, 1.54) is 30.4 Å². The number of benzene rings is 1. The van der Waals surface area contributed by atoms with Crippen molar-refractivity contribution in [3.8, 4) is 0 Å². The summed E-state index contributed by atoms with van der Waals surface area (Å²) in [6.07, 6.45) is 8.96. The van der Waals surface area contributed by atoms with E-state index in [0.717, 1.165) is 18.5 Å². The lowest BCUT2D eigenvalue weighted by atomic mass is 9.95. The molecule has 2 aromatic rings. The molecule has 5 nitrogen and oxygen atoms in total. The molecule has 1 heterocycles. The van der Waals surface area contributed by atoms with Crippen LogP contribution in [0.3, 0.4) is 0 Å². The number of carbonyl (C=O) groups excluding carboxylic acids is 1. The Balaban J connectivity index is 1.63. The number of nitrogens with one attached hydrogen (secondary N) is 2. The van der Waals surface area contributed by atoms with Gasteiger partial charge in [-0.25, -0.2) is 9.97 Å². The Kier molecular flexibility index (Phi) is 5.08. The third kappa shape index (κ3) is 4.31. The molecule has 1 aliphatic carbocycles. The molecule has 24 heavy (non-hydrogen) atoms. The molecule has 1 aliphatic rings. The molecule has 0 atom stereocenters. The van der Waals surface area contributed by atoms with Crippen molar-refractivity contribution in [2.24, 2.45) is 0 Å². The molecule has 1 fully saturated rings. The molecular formula is C19H24N4O. The Hall–Kier alpha value is -2.43. The molecule has 0 unspecified atom stereocenters. The highest BCUT2D eigenvalue weighted by Gasteiger charge is 2.17. The van der Waals surface area contributed by atoms with Gasteiger partial charge >= 0.3 is 0 Å². The highest BCUT2D eigenvalue weighted by molar-refractivity contribution is 5.93. The van der Waals surface area contributed by atoms with Crippen molar-refractivity contribution in [2.45, 2.75) is 52.0 Å². The maximum Gasteiger partial charge on any atom is 0.254 e. The van der Waals surface area contributed by atoms with Crippen LogP contribution >= 0.6 is 0 Å². The fourth-order valence-corrected chi connectivity index (χ4v) is 3.20. The maximum atomic E-state index is 12.3. The third-order valence-corrected chi connectivity index (χ3v) is 4.33. The first-order valence-electron chi connectivity index (χ1n) is 8.58. The molecule has 0 saturated heterocycles. The molecule has 126 valence electrons. The van der Waals surface area contributed by atoms with Crippen molar-refractivity contribution in [3.63, 3.8) is 0 Å². The van der Waals surface area contributed by atoms with Crippen LogP contribution in [-0.4, -0.2) is 21.9 Å². The topological polar surface area (TPSA) is 66.9 Å². The number of anilines is 2. The standard InChI is InChI=1S/C19H24N4O/c1-13-8-14(2)10-17(9-13)23-19-20-11-15(12-21-19)18(24)22-16-6-4-3-5-7-16/h8-12,16H,3-7H2,1-2H3,(H,22,24)(H,20,21,23). The maximum absolute atomic E-state index is 12.3. The first-order valence-corrected chi connectivity index (χ1v) is 8.58. The minimum absolute atomic E-state index is 0.0835. The molecule has 2 N–H and O–H groups in total. The number of amides is 1. The van der Waals surface area contributed by atoms with Gasteiger partial charge in [0.15, 0.2) is 0 Å². The third-order valence-electron chi connectivity index (χ3n) is 4.33. The van der Waals surface area contributed by atoms with Crippen LogP contribution in [0, 0.1) is 13.8 Å². The lowest BCUT2D eigenvalue weighted by molar-refractivity contribution is 0.0927. The summed E-state index contributed by atoms with van der Waals surface area (Å²) in [5, 5.41) is 6.26. The van der Waals surface area contributed by atoms with Gasteiger partial charge in [-0.2, -0.15) is 0 Å². The molecule has 0 bridgehead atoms. The van der Waals surface area contributed by atoms with Crippen molar-refractivity contribution in [2.75, 3.05) is 5.32 Å². The van der Waals surface area contributed by atoms with Gasteiger partial charge in [0.25, 0.3) is 5.91 Å². The van der Waals surface area contributed by atoms with Crippen LogP contribution in [0.25, 0.3) is 0 Å². The van der Waals surface area contributed by atoms with E-state index in [1.54, 1.807) is 12.4 Å². The van der Waals surface area contributed by atoms with E-state index in [2.05, 4.69) is 40.5 Å². The Morgan fingerprint density at radius 3 is 2.25 bits per heavy atom. The molecule has 1 amide bonds. The van der Waals surface area contributed by atoms with Crippen LogP contribution in [0.4, 0.5) is 11.6 Å². The number of rotatable bonds is 4. The lowest BCUT2D eigenvalue weighted by Gasteiger charge is -2.22.